The third-order valence-corrected chi connectivity index (χ3v) is 3.73. The quantitative estimate of drug-likeness (QED) is 0.696. The van der Waals surface area contributed by atoms with E-state index in [2.05, 4.69) is 15.6 Å². The number of carbonyl (C=O) groups is 2. The van der Waals surface area contributed by atoms with Crippen molar-refractivity contribution in [3.63, 3.8) is 0 Å². The van der Waals surface area contributed by atoms with E-state index in [-0.39, 0.29) is 21.8 Å². The van der Waals surface area contributed by atoms with Crippen molar-refractivity contribution in [2.24, 2.45) is 0 Å². The number of nitrogens with one attached hydrogen (secondary N) is 3. The van der Waals surface area contributed by atoms with Crippen LogP contribution in [0, 0.1) is 5.82 Å². The number of methoxy groups -OCH3 is 1. The van der Waals surface area contributed by atoms with Crippen LogP contribution in [0.4, 0.5) is 20.6 Å². The second-order valence-electron chi connectivity index (χ2n) is 6.42. The minimum absolute atomic E-state index is 0.107. The van der Waals surface area contributed by atoms with Gasteiger partial charge in [0.1, 0.15) is 11.5 Å². The number of H-pyrrole nitrogens is 1. The summed E-state index contributed by atoms with van der Waals surface area (Å²) in [5.41, 5.74) is 1.23. The van der Waals surface area contributed by atoms with Gasteiger partial charge >= 0.3 is 12.0 Å². The van der Waals surface area contributed by atoms with E-state index in [0.29, 0.717) is 5.69 Å². The first-order valence-electron chi connectivity index (χ1n) is 7.46. The number of aromatic nitrogens is 1. The van der Waals surface area contributed by atoms with E-state index in [1.54, 1.807) is 6.07 Å². The zero-order valence-electron chi connectivity index (χ0n) is 14.3. The highest BCUT2D eigenvalue weighted by molar-refractivity contribution is 6.31. The van der Waals surface area contributed by atoms with Gasteiger partial charge < -0.3 is 20.4 Å². The van der Waals surface area contributed by atoms with E-state index in [1.165, 1.54) is 19.2 Å². The van der Waals surface area contributed by atoms with Crippen LogP contribution in [0.1, 0.15) is 37.0 Å². The molecule has 0 unspecified atom stereocenters. The number of rotatable bonds is 3. The molecule has 0 bridgehead atoms. The fourth-order valence-corrected chi connectivity index (χ4v) is 2.26. The molecule has 1 aromatic carbocycles. The molecule has 0 radical (unpaired) electrons. The molecular formula is C17H19ClFN3O3. The van der Waals surface area contributed by atoms with Gasteiger partial charge in [0.25, 0.3) is 0 Å². The van der Waals surface area contributed by atoms with E-state index < -0.39 is 17.8 Å². The molecule has 1 aromatic heterocycles. The second-order valence-corrected chi connectivity index (χ2v) is 6.83. The summed E-state index contributed by atoms with van der Waals surface area (Å²) in [4.78, 5) is 27.1. The highest BCUT2D eigenvalue weighted by atomic mass is 35.5. The Hall–Kier alpha value is -2.54. The van der Waals surface area contributed by atoms with Crippen molar-refractivity contribution >= 4 is 35.0 Å². The Balaban J connectivity index is 2.22. The molecule has 25 heavy (non-hydrogen) atoms. The van der Waals surface area contributed by atoms with Gasteiger partial charge in [-0.25, -0.2) is 14.0 Å². The van der Waals surface area contributed by atoms with Gasteiger partial charge in [-0.15, -0.1) is 0 Å². The molecule has 2 amide bonds. The summed E-state index contributed by atoms with van der Waals surface area (Å²) in [6.07, 6.45) is 0. The molecule has 0 spiro atoms. The highest BCUT2D eigenvalue weighted by Gasteiger charge is 2.23. The minimum atomic E-state index is -0.604. The number of amides is 2. The van der Waals surface area contributed by atoms with E-state index in [0.717, 1.165) is 11.8 Å². The Kier molecular flexibility index (Phi) is 5.37. The molecule has 0 fully saturated rings. The predicted molar refractivity (Wildman–Crippen MR) is 94.9 cm³/mol. The molecule has 1 heterocycles. The number of ether oxygens (including phenoxy) is 1. The second kappa shape index (κ2) is 7.14. The number of esters is 1. The summed E-state index contributed by atoms with van der Waals surface area (Å²) in [5, 5.41) is 5.00. The van der Waals surface area contributed by atoms with Crippen molar-refractivity contribution in [1.82, 2.24) is 4.98 Å². The SMILES string of the molecule is COC(=O)c1[nH]c(C(C)(C)C)cc1NC(=O)Nc1ccc(F)c(Cl)c1. The molecule has 2 rings (SSSR count). The Morgan fingerprint density at radius 3 is 2.44 bits per heavy atom. The van der Waals surface area contributed by atoms with Crippen molar-refractivity contribution in [2.45, 2.75) is 26.2 Å². The van der Waals surface area contributed by atoms with Crippen molar-refractivity contribution in [1.29, 1.82) is 0 Å². The van der Waals surface area contributed by atoms with E-state index >= 15 is 0 Å². The third-order valence-electron chi connectivity index (χ3n) is 3.44. The Morgan fingerprint density at radius 1 is 1.20 bits per heavy atom. The zero-order chi connectivity index (χ0) is 18.8. The molecule has 0 aliphatic carbocycles. The fourth-order valence-electron chi connectivity index (χ4n) is 2.08. The Bertz CT molecular complexity index is 812. The summed E-state index contributed by atoms with van der Waals surface area (Å²) >= 11 is 5.68. The van der Waals surface area contributed by atoms with Crippen molar-refractivity contribution < 1.29 is 18.7 Å². The minimum Gasteiger partial charge on any atom is -0.464 e. The maximum absolute atomic E-state index is 13.2. The summed E-state index contributed by atoms with van der Waals surface area (Å²) < 4.78 is 17.9. The van der Waals surface area contributed by atoms with E-state index in [9.17, 15) is 14.0 Å². The van der Waals surface area contributed by atoms with Gasteiger partial charge in [0.15, 0.2) is 0 Å². The molecule has 2 aromatic rings. The number of hydrogen-bond donors (Lipinski definition) is 3. The van der Waals surface area contributed by atoms with Gasteiger partial charge in [0.2, 0.25) is 0 Å². The number of benzene rings is 1. The Labute approximate surface area is 149 Å². The molecule has 0 aliphatic heterocycles. The first-order valence-corrected chi connectivity index (χ1v) is 7.84. The van der Waals surface area contributed by atoms with Crippen LogP contribution in [0.3, 0.4) is 0 Å². The maximum Gasteiger partial charge on any atom is 0.356 e. The van der Waals surface area contributed by atoms with Crippen LogP contribution in [0.25, 0.3) is 0 Å². The normalized spacial score (nSPS) is 11.1. The van der Waals surface area contributed by atoms with Crippen LogP contribution in [0.15, 0.2) is 24.3 Å². The molecular weight excluding hydrogens is 349 g/mol. The van der Waals surface area contributed by atoms with Crippen LogP contribution in [-0.2, 0) is 10.2 Å². The molecule has 0 saturated carbocycles. The molecule has 0 atom stereocenters. The van der Waals surface area contributed by atoms with E-state index in [4.69, 9.17) is 16.3 Å². The number of hydrogen-bond acceptors (Lipinski definition) is 3. The monoisotopic (exact) mass is 367 g/mol. The standard InChI is InChI=1S/C17H19ClFN3O3/c1-17(2,3)13-8-12(14(22-13)15(23)25-4)21-16(24)20-9-5-6-11(19)10(18)7-9/h5-8,22H,1-4H3,(H2,20,21,24). The number of anilines is 2. The number of aromatic amines is 1. The van der Waals surface area contributed by atoms with Gasteiger partial charge in [-0.2, -0.15) is 0 Å². The van der Waals surface area contributed by atoms with Gasteiger partial charge in [-0.05, 0) is 24.3 Å². The zero-order valence-corrected chi connectivity index (χ0v) is 15.0. The molecule has 134 valence electrons. The van der Waals surface area contributed by atoms with Gasteiger partial charge in [0.05, 0.1) is 17.8 Å². The fraction of sp³-hybridized carbons (Fsp3) is 0.294. The molecule has 0 saturated heterocycles. The highest BCUT2D eigenvalue weighted by Crippen LogP contribution is 2.28. The smallest absolute Gasteiger partial charge is 0.356 e. The van der Waals surface area contributed by atoms with Gasteiger partial charge in [-0.3, -0.25) is 0 Å². The number of halogens is 2. The van der Waals surface area contributed by atoms with Crippen LogP contribution in [0.5, 0.6) is 0 Å². The first-order chi connectivity index (χ1) is 11.6. The van der Waals surface area contributed by atoms with Crippen molar-refractivity contribution in [3.05, 3.63) is 46.5 Å². The molecule has 6 nitrogen and oxygen atoms in total. The van der Waals surface area contributed by atoms with Gasteiger partial charge in [0, 0.05) is 16.8 Å². The number of carbonyl (C=O) groups excluding carboxylic acids is 2. The van der Waals surface area contributed by atoms with Gasteiger partial charge in [-0.1, -0.05) is 32.4 Å². The van der Waals surface area contributed by atoms with Crippen LogP contribution < -0.4 is 10.6 Å². The van der Waals surface area contributed by atoms with Crippen LogP contribution in [0.2, 0.25) is 5.02 Å². The number of urea groups is 1. The first kappa shape index (κ1) is 18.8. The predicted octanol–water partition coefficient (Wildman–Crippen LogP) is 4.54. The van der Waals surface area contributed by atoms with E-state index in [1.807, 2.05) is 20.8 Å². The largest absolute Gasteiger partial charge is 0.464 e. The lowest BCUT2D eigenvalue weighted by Gasteiger charge is -2.15. The Morgan fingerprint density at radius 2 is 1.88 bits per heavy atom. The van der Waals surface area contributed by atoms with Crippen molar-refractivity contribution in [3.8, 4) is 0 Å². The van der Waals surface area contributed by atoms with Crippen LogP contribution in [-0.4, -0.2) is 24.1 Å². The lowest BCUT2D eigenvalue weighted by Crippen LogP contribution is -2.20. The summed E-state index contributed by atoms with van der Waals surface area (Å²) in [6, 6.07) is 4.87. The lowest BCUT2D eigenvalue weighted by molar-refractivity contribution is 0.0595. The molecule has 8 heteroatoms. The summed E-state index contributed by atoms with van der Waals surface area (Å²) in [7, 11) is 1.25. The summed E-state index contributed by atoms with van der Waals surface area (Å²) in [6.45, 7) is 5.89. The topological polar surface area (TPSA) is 83.2 Å². The average Bonchev–Trinajstić information content (AvgIpc) is 2.94. The average molecular weight is 368 g/mol. The molecule has 3 N–H and O–H groups in total. The summed E-state index contributed by atoms with van der Waals surface area (Å²) in [5.74, 6) is -1.18. The molecule has 0 aliphatic rings. The third kappa shape index (κ3) is 4.51. The van der Waals surface area contributed by atoms with Crippen LogP contribution >= 0.6 is 11.6 Å². The maximum atomic E-state index is 13.2. The lowest BCUT2D eigenvalue weighted by atomic mass is 9.92. The van der Waals surface area contributed by atoms with Crippen molar-refractivity contribution in [2.75, 3.05) is 17.7 Å².